The van der Waals surface area contributed by atoms with Crippen molar-refractivity contribution in [2.75, 3.05) is 19.6 Å². The molecule has 0 saturated carbocycles. The molecule has 0 aromatic heterocycles. The van der Waals surface area contributed by atoms with Crippen LogP contribution in [0.25, 0.3) is 0 Å². The summed E-state index contributed by atoms with van der Waals surface area (Å²) in [7, 11) is -3.45. The van der Waals surface area contributed by atoms with E-state index >= 15 is 0 Å². The summed E-state index contributed by atoms with van der Waals surface area (Å²) in [6.45, 7) is 5.54. The van der Waals surface area contributed by atoms with E-state index in [2.05, 4.69) is 18.6 Å². The van der Waals surface area contributed by atoms with Gasteiger partial charge in [0.2, 0.25) is 0 Å². The summed E-state index contributed by atoms with van der Waals surface area (Å²) in [5, 5.41) is 10.1. The van der Waals surface area contributed by atoms with Crippen LogP contribution in [-0.4, -0.2) is 37.5 Å². The maximum atomic E-state index is 12.3. The van der Waals surface area contributed by atoms with E-state index in [4.69, 9.17) is 0 Å². The molecule has 5 nitrogen and oxygen atoms in total. The van der Waals surface area contributed by atoms with Gasteiger partial charge in [-0.1, -0.05) is 44.2 Å². The van der Waals surface area contributed by atoms with E-state index in [1.54, 1.807) is 0 Å². The fourth-order valence-corrected chi connectivity index (χ4v) is 4.52. The Morgan fingerprint density at radius 2 is 1.82 bits per heavy atom. The van der Waals surface area contributed by atoms with E-state index in [0.717, 1.165) is 12.0 Å². The van der Waals surface area contributed by atoms with Gasteiger partial charge in [0.15, 0.2) is 0 Å². The molecular formula is C16H26N2O3S. The minimum atomic E-state index is -3.45. The third-order valence-corrected chi connectivity index (χ3v) is 5.61. The molecule has 0 radical (unpaired) electrons. The second-order valence-corrected chi connectivity index (χ2v) is 8.13. The lowest BCUT2D eigenvalue weighted by atomic mass is 9.94. The Hall–Kier alpha value is -0.950. The molecule has 1 fully saturated rings. The highest BCUT2D eigenvalue weighted by Gasteiger charge is 2.30. The van der Waals surface area contributed by atoms with E-state index in [9.17, 15) is 13.5 Å². The van der Waals surface area contributed by atoms with Crippen LogP contribution in [-0.2, 0) is 10.2 Å². The van der Waals surface area contributed by atoms with Gasteiger partial charge in [0.1, 0.15) is 0 Å². The van der Waals surface area contributed by atoms with Crippen molar-refractivity contribution in [1.29, 1.82) is 0 Å². The number of nitrogens with zero attached hydrogens (tertiary/aromatic N) is 1. The zero-order chi connectivity index (χ0) is 16.2. The third kappa shape index (κ3) is 4.78. The molecule has 3 unspecified atom stereocenters. The van der Waals surface area contributed by atoms with Crippen molar-refractivity contribution < 1.29 is 13.5 Å². The Labute approximate surface area is 133 Å². The van der Waals surface area contributed by atoms with Crippen molar-refractivity contribution in [3.8, 4) is 0 Å². The highest BCUT2D eigenvalue weighted by Crippen LogP contribution is 2.22. The zero-order valence-electron chi connectivity index (χ0n) is 13.3. The average molecular weight is 326 g/mol. The number of benzene rings is 1. The lowest BCUT2D eigenvalue weighted by Gasteiger charge is -2.34. The number of hydrogen-bond acceptors (Lipinski definition) is 3. The van der Waals surface area contributed by atoms with Crippen molar-refractivity contribution in [2.45, 2.75) is 32.8 Å². The average Bonchev–Trinajstić information content (AvgIpc) is 2.47. The molecule has 22 heavy (non-hydrogen) atoms. The Bertz CT molecular complexity index is 552. The summed E-state index contributed by atoms with van der Waals surface area (Å²) >= 11 is 0. The van der Waals surface area contributed by atoms with Gasteiger partial charge in [0.05, 0.1) is 6.10 Å². The summed E-state index contributed by atoms with van der Waals surface area (Å²) in [5.74, 6) is 0.769. The van der Waals surface area contributed by atoms with Crippen LogP contribution in [0.4, 0.5) is 0 Å². The van der Waals surface area contributed by atoms with Gasteiger partial charge in [0, 0.05) is 19.6 Å². The lowest BCUT2D eigenvalue weighted by molar-refractivity contribution is 0.168. The minimum absolute atomic E-state index is 0.234. The predicted molar refractivity (Wildman–Crippen MR) is 87.5 cm³/mol. The van der Waals surface area contributed by atoms with Crippen LogP contribution in [0.2, 0.25) is 0 Å². The number of rotatable bonds is 6. The van der Waals surface area contributed by atoms with Gasteiger partial charge in [-0.15, -0.1) is 0 Å². The first-order valence-electron chi connectivity index (χ1n) is 7.86. The fraction of sp³-hybridized carbons (Fsp3) is 0.625. The van der Waals surface area contributed by atoms with Crippen molar-refractivity contribution in [3.63, 3.8) is 0 Å². The molecular weight excluding hydrogens is 300 g/mol. The number of hydrogen-bond donors (Lipinski definition) is 2. The fourth-order valence-electron chi connectivity index (χ4n) is 3.06. The van der Waals surface area contributed by atoms with E-state index in [0.29, 0.717) is 31.3 Å². The zero-order valence-corrected chi connectivity index (χ0v) is 14.1. The highest BCUT2D eigenvalue weighted by atomic mass is 32.2. The first kappa shape index (κ1) is 17.4. The van der Waals surface area contributed by atoms with Gasteiger partial charge in [-0.25, -0.2) is 4.72 Å². The summed E-state index contributed by atoms with van der Waals surface area (Å²) < 4.78 is 28.8. The van der Waals surface area contributed by atoms with Crippen LogP contribution in [0, 0.1) is 11.8 Å². The molecule has 1 aromatic rings. The van der Waals surface area contributed by atoms with Crippen LogP contribution in [0.15, 0.2) is 30.3 Å². The molecule has 3 atom stereocenters. The second-order valence-electron chi connectivity index (χ2n) is 6.38. The Morgan fingerprint density at radius 3 is 2.41 bits per heavy atom. The smallest absolute Gasteiger partial charge is 0.279 e. The van der Waals surface area contributed by atoms with Crippen LogP contribution in [0.5, 0.6) is 0 Å². The highest BCUT2D eigenvalue weighted by molar-refractivity contribution is 7.87. The van der Waals surface area contributed by atoms with Crippen LogP contribution in [0.1, 0.15) is 38.4 Å². The largest absolute Gasteiger partial charge is 0.388 e. The Kier molecular flexibility index (Phi) is 5.97. The number of aliphatic hydroxyl groups excluding tert-OH is 1. The van der Waals surface area contributed by atoms with Crippen molar-refractivity contribution in [3.05, 3.63) is 35.9 Å². The minimum Gasteiger partial charge on any atom is -0.388 e. The molecule has 0 aliphatic carbocycles. The molecule has 0 amide bonds. The van der Waals surface area contributed by atoms with Gasteiger partial charge >= 0.3 is 0 Å². The molecule has 1 aliphatic rings. The molecule has 2 N–H and O–H groups in total. The van der Waals surface area contributed by atoms with Crippen molar-refractivity contribution in [1.82, 2.24) is 9.03 Å². The monoisotopic (exact) mass is 326 g/mol. The van der Waals surface area contributed by atoms with E-state index in [1.165, 1.54) is 4.31 Å². The van der Waals surface area contributed by atoms with Crippen molar-refractivity contribution in [2.24, 2.45) is 11.8 Å². The number of nitrogens with one attached hydrogen (secondary N) is 1. The van der Waals surface area contributed by atoms with E-state index in [1.807, 2.05) is 30.3 Å². The molecule has 1 heterocycles. The van der Waals surface area contributed by atoms with Gasteiger partial charge in [-0.05, 0) is 30.2 Å². The molecule has 0 bridgehead atoms. The van der Waals surface area contributed by atoms with Gasteiger partial charge in [0.25, 0.3) is 10.2 Å². The van der Waals surface area contributed by atoms with Crippen molar-refractivity contribution >= 4 is 10.2 Å². The summed E-state index contributed by atoms with van der Waals surface area (Å²) in [6.07, 6.45) is 0.782. The molecule has 1 aromatic carbocycles. The molecule has 2 rings (SSSR count). The molecule has 0 spiro atoms. The first-order valence-corrected chi connectivity index (χ1v) is 9.30. The topological polar surface area (TPSA) is 69.6 Å². The van der Waals surface area contributed by atoms with Gasteiger partial charge < -0.3 is 5.11 Å². The second kappa shape index (κ2) is 7.55. The quantitative estimate of drug-likeness (QED) is 0.839. The van der Waals surface area contributed by atoms with E-state index in [-0.39, 0.29) is 6.54 Å². The Morgan fingerprint density at radius 1 is 1.23 bits per heavy atom. The summed E-state index contributed by atoms with van der Waals surface area (Å²) in [5.41, 5.74) is 0.807. The maximum Gasteiger partial charge on any atom is 0.279 e. The number of aliphatic hydroxyl groups is 1. The maximum absolute atomic E-state index is 12.3. The summed E-state index contributed by atoms with van der Waals surface area (Å²) in [6, 6.07) is 9.29. The normalized spacial score (nSPS) is 25.0. The molecule has 1 saturated heterocycles. The van der Waals surface area contributed by atoms with E-state index < -0.39 is 16.3 Å². The third-order valence-electron chi connectivity index (χ3n) is 4.06. The molecule has 6 heteroatoms. The summed E-state index contributed by atoms with van der Waals surface area (Å²) in [4.78, 5) is 0. The van der Waals surface area contributed by atoms with Crippen LogP contribution < -0.4 is 4.72 Å². The standard InChI is InChI=1S/C16H26N2O3S/c1-13-10-14(2)12-18(11-13)22(20,21)17-9-8-16(19)15-6-4-3-5-7-15/h3-7,13-14,16-17,19H,8-12H2,1-2H3. The molecule has 124 valence electrons. The molecule has 1 aliphatic heterocycles. The Balaban J connectivity index is 1.85. The van der Waals surface area contributed by atoms with Crippen LogP contribution in [0.3, 0.4) is 0 Å². The lowest BCUT2D eigenvalue weighted by Crippen LogP contribution is -2.48. The van der Waals surface area contributed by atoms with Gasteiger partial charge in [-0.3, -0.25) is 0 Å². The SMILES string of the molecule is CC1CC(C)CN(S(=O)(=O)NCCC(O)c2ccccc2)C1. The van der Waals surface area contributed by atoms with Gasteiger partial charge in [-0.2, -0.15) is 12.7 Å². The predicted octanol–water partition coefficient (Wildman–Crippen LogP) is 1.92. The first-order chi connectivity index (χ1) is 10.4. The van der Waals surface area contributed by atoms with Crippen LogP contribution >= 0.6 is 0 Å². The number of piperidine rings is 1.